The molecule has 0 spiro atoms. The van der Waals surface area contributed by atoms with E-state index < -0.39 is 0 Å². The molecule has 0 aliphatic carbocycles. The van der Waals surface area contributed by atoms with Crippen molar-refractivity contribution in [3.8, 4) is 17.1 Å². The molecule has 1 aromatic carbocycles. The van der Waals surface area contributed by atoms with Gasteiger partial charge in [-0.05, 0) is 34.1 Å². The summed E-state index contributed by atoms with van der Waals surface area (Å²) in [6, 6.07) is 7.52. The molecule has 0 aliphatic heterocycles. The van der Waals surface area contributed by atoms with Gasteiger partial charge >= 0.3 is 0 Å². The number of hydrogen-bond acceptors (Lipinski definition) is 4. The van der Waals surface area contributed by atoms with E-state index in [0.29, 0.717) is 12.3 Å². The monoisotopic (exact) mass is 282 g/mol. The molecule has 0 unspecified atom stereocenters. The van der Waals surface area contributed by atoms with Gasteiger partial charge in [0, 0.05) is 18.2 Å². The lowest BCUT2D eigenvalue weighted by atomic mass is 10.1. The largest absolute Gasteiger partial charge is 0.496 e. The van der Waals surface area contributed by atoms with E-state index in [9.17, 15) is 0 Å². The number of methoxy groups -OCH3 is 1. The van der Waals surface area contributed by atoms with Crippen LogP contribution in [0.1, 0.15) is 5.69 Å². The first-order chi connectivity index (χ1) is 7.74. The van der Waals surface area contributed by atoms with E-state index in [4.69, 9.17) is 15.0 Å². The van der Waals surface area contributed by atoms with Crippen molar-refractivity contribution in [1.29, 1.82) is 0 Å². The lowest BCUT2D eigenvalue weighted by Gasteiger charge is -2.03. The van der Waals surface area contributed by atoms with Crippen molar-refractivity contribution in [2.75, 3.05) is 7.11 Å². The lowest BCUT2D eigenvalue weighted by Crippen LogP contribution is -1.94. The van der Waals surface area contributed by atoms with Crippen LogP contribution < -0.4 is 10.5 Å². The molecule has 0 fully saturated rings. The Bertz CT molecular complexity index is 496. The highest BCUT2D eigenvalue weighted by molar-refractivity contribution is 9.10. The fraction of sp³-hybridized carbons (Fsp3) is 0.182. The predicted molar refractivity (Wildman–Crippen MR) is 64.1 cm³/mol. The molecular formula is C11H11BrN2O2. The second kappa shape index (κ2) is 4.67. The van der Waals surface area contributed by atoms with Gasteiger partial charge in [-0.25, -0.2) is 0 Å². The van der Waals surface area contributed by atoms with Crippen molar-refractivity contribution in [2.24, 2.45) is 5.73 Å². The summed E-state index contributed by atoms with van der Waals surface area (Å²) >= 11 is 3.42. The molecule has 4 nitrogen and oxygen atoms in total. The summed E-state index contributed by atoms with van der Waals surface area (Å²) in [7, 11) is 1.63. The molecule has 2 aromatic rings. The van der Waals surface area contributed by atoms with Gasteiger partial charge in [-0.2, -0.15) is 0 Å². The second-order valence-electron chi connectivity index (χ2n) is 3.24. The molecular weight excluding hydrogens is 272 g/mol. The molecule has 2 N–H and O–H groups in total. The predicted octanol–water partition coefficient (Wildman–Crippen LogP) is 2.57. The Morgan fingerprint density at radius 2 is 2.25 bits per heavy atom. The van der Waals surface area contributed by atoms with Crippen molar-refractivity contribution < 1.29 is 9.26 Å². The van der Waals surface area contributed by atoms with Gasteiger partial charge in [0.15, 0.2) is 5.76 Å². The Morgan fingerprint density at radius 3 is 2.81 bits per heavy atom. The topological polar surface area (TPSA) is 61.3 Å². The number of rotatable bonds is 3. The molecule has 0 radical (unpaired) electrons. The average molecular weight is 283 g/mol. The minimum Gasteiger partial charge on any atom is -0.496 e. The summed E-state index contributed by atoms with van der Waals surface area (Å²) in [5.74, 6) is 1.48. The highest BCUT2D eigenvalue weighted by atomic mass is 79.9. The Balaban J connectivity index is 2.37. The number of hydrogen-bond donors (Lipinski definition) is 1. The first-order valence-electron chi connectivity index (χ1n) is 4.74. The molecule has 5 heteroatoms. The minimum atomic E-state index is 0.376. The Morgan fingerprint density at radius 1 is 1.44 bits per heavy atom. The molecule has 0 bridgehead atoms. The molecule has 1 heterocycles. The highest BCUT2D eigenvalue weighted by Crippen LogP contribution is 2.30. The van der Waals surface area contributed by atoms with E-state index in [1.165, 1.54) is 0 Å². The molecule has 0 saturated heterocycles. The summed E-state index contributed by atoms with van der Waals surface area (Å²) < 4.78 is 11.2. The molecule has 0 amide bonds. The van der Waals surface area contributed by atoms with Gasteiger partial charge in [0.2, 0.25) is 0 Å². The zero-order valence-corrected chi connectivity index (χ0v) is 10.3. The van der Waals surface area contributed by atoms with Crippen LogP contribution in [0.4, 0.5) is 0 Å². The molecule has 2 rings (SSSR count). The van der Waals surface area contributed by atoms with Crippen molar-refractivity contribution in [2.45, 2.75) is 6.54 Å². The average Bonchev–Trinajstić information content (AvgIpc) is 2.77. The van der Waals surface area contributed by atoms with Gasteiger partial charge in [0.05, 0.1) is 17.3 Å². The van der Waals surface area contributed by atoms with Crippen LogP contribution in [0, 0.1) is 0 Å². The molecule has 0 aliphatic rings. The second-order valence-corrected chi connectivity index (χ2v) is 4.09. The first kappa shape index (κ1) is 11.2. The zero-order chi connectivity index (χ0) is 11.5. The van der Waals surface area contributed by atoms with Gasteiger partial charge < -0.3 is 15.0 Å². The third-order valence-corrected chi connectivity index (χ3v) is 2.82. The molecule has 16 heavy (non-hydrogen) atoms. The summed E-state index contributed by atoms with van der Waals surface area (Å²) in [6.45, 7) is 0.376. The van der Waals surface area contributed by atoms with Crippen LogP contribution in [0.15, 0.2) is 33.3 Å². The summed E-state index contributed by atoms with van der Waals surface area (Å²) in [6.07, 6.45) is 0. The van der Waals surface area contributed by atoms with E-state index in [0.717, 1.165) is 21.5 Å². The number of benzene rings is 1. The van der Waals surface area contributed by atoms with Crippen molar-refractivity contribution >= 4 is 15.9 Å². The van der Waals surface area contributed by atoms with Crippen LogP contribution in [0.5, 0.6) is 5.75 Å². The van der Waals surface area contributed by atoms with E-state index >= 15 is 0 Å². The van der Waals surface area contributed by atoms with Crippen LogP contribution in [0.2, 0.25) is 0 Å². The third kappa shape index (κ3) is 2.10. The minimum absolute atomic E-state index is 0.376. The number of nitrogens with zero attached hydrogens (tertiary/aromatic N) is 1. The normalized spacial score (nSPS) is 10.4. The van der Waals surface area contributed by atoms with Crippen LogP contribution in [0.25, 0.3) is 11.3 Å². The molecule has 84 valence electrons. The number of aromatic nitrogens is 1. The number of halogens is 1. The van der Waals surface area contributed by atoms with Crippen LogP contribution >= 0.6 is 15.9 Å². The third-order valence-electron chi connectivity index (χ3n) is 2.20. The Labute approximate surface area is 102 Å². The maximum Gasteiger partial charge on any atom is 0.167 e. The smallest absolute Gasteiger partial charge is 0.167 e. The van der Waals surface area contributed by atoms with Crippen LogP contribution in [-0.4, -0.2) is 12.3 Å². The summed E-state index contributed by atoms with van der Waals surface area (Å²) in [4.78, 5) is 0. The summed E-state index contributed by atoms with van der Waals surface area (Å²) in [5, 5.41) is 3.84. The highest BCUT2D eigenvalue weighted by Gasteiger charge is 2.08. The standard InChI is InChI=1S/C11H11BrN2O2/c1-15-10-3-2-7(4-9(10)12)11-5-8(6-13)14-16-11/h2-5H,6,13H2,1H3. The van der Waals surface area contributed by atoms with Crippen LogP contribution in [-0.2, 0) is 6.54 Å². The fourth-order valence-corrected chi connectivity index (χ4v) is 1.90. The van der Waals surface area contributed by atoms with Gasteiger partial charge in [-0.3, -0.25) is 0 Å². The number of nitrogens with two attached hydrogens (primary N) is 1. The molecule has 1 aromatic heterocycles. The maximum atomic E-state index is 5.47. The van der Waals surface area contributed by atoms with E-state index in [1.54, 1.807) is 7.11 Å². The van der Waals surface area contributed by atoms with Crippen molar-refractivity contribution in [3.63, 3.8) is 0 Å². The zero-order valence-electron chi connectivity index (χ0n) is 8.74. The lowest BCUT2D eigenvalue weighted by molar-refractivity contribution is 0.411. The van der Waals surface area contributed by atoms with E-state index in [1.807, 2.05) is 24.3 Å². The van der Waals surface area contributed by atoms with E-state index in [2.05, 4.69) is 21.1 Å². The van der Waals surface area contributed by atoms with Crippen molar-refractivity contribution in [3.05, 3.63) is 34.4 Å². The SMILES string of the molecule is COc1ccc(-c2cc(CN)no2)cc1Br. The fourth-order valence-electron chi connectivity index (χ4n) is 1.36. The van der Waals surface area contributed by atoms with Crippen LogP contribution in [0.3, 0.4) is 0 Å². The van der Waals surface area contributed by atoms with Crippen molar-refractivity contribution in [1.82, 2.24) is 5.16 Å². The number of ether oxygens (including phenoxy) is 1. The van der Waals surface area contributed by atoms with E-state index in [-0.39, 0.29) is 0 Å². The summed E-state index contributed by atoms with van der Waals surface area (Å²) in [5.41, 5.74) is 7.13. The van der Waals surface area contributed by atoms with Gasteiger partial charge in [0.25, 0.3) is 0 Å². The quantitative estimate of drug-likeness (QED) is 0.940. The van der Waals surface area contributed by atoms with Gasteiger partial charge in [-0.15, -0.1) is 0 Å². The molecule has 0 atom stereocenters. The molecule has 0 saturated carbocycles. The Kier molecular flexibility index (Phi) is 3.26. The Hall–Kier alpha value is -1.33. The van der Waals surface area contributed by atoms with Gasteiger partial charge in [-0.1, -0.05) is 5.16 Å². The first-order valence-corrected chi connectivity index (χ1v) is 5.53. The maximum absolute atomic E-state index is 5.47. The van der Waals surface area contributed by atoms with Gasteiger partial charge in [0.1, 0.15) is 5.75 Å².